The lowest BCUT2D eigenvalue weighted by Crippen LogP contribution is -2.17. The summed E-state index contributed by atoms with van der Waals surface area (Å²) < 4.78 is 1.76. The molecule has 1 amide bonds. The van der Waals surface area contributed by atoms with Crippen LogP contribution in [-0.2, 0) is 7.05 Å². The Labute approximate surface area is 139 Å². The number of amides is 1. The summed E-state index contributed by atoms with van der Waals surface area (Å²) in [6, 6.07) is 10.7. The van der Waals surface area contributed by atoms with Gasteiger partial charge >= 0.3 is 0 Å². The number of hydrogen-bond donors (Lipinski definition) is 2. The lowest BCUT2D eigenvalue weighted by atomic mass is 10.1. The van der Waals surface area contributed by atoms with Crippen molar-refractivity contribution in [3.63, 3.8) is 0 Å². The smallest absolute Gasteiger partial charge is 0.275 e. The van der Waals surface area contributed by atoms with Crippen molar-refractivity contribution in [2.45, 2.75) is 13.8 Å². The Kier molecular flexibility index (Phi) is 4.04. The van der Waals surface area contributed by atoms with Crippen LogP contribution in [0.1, 0.15) is 27.3 Å². The van der Waals surface area contributed by atoms with Crippen molar-refractivity contribution in [2.24, 2.45) is 12.1 Å². The van der Waals surface area contributed by atoms with E-state index in [1.54, 1.807) is 23.0 Å². The van der Waals surface area contributed by atoms with E-state index < -0.39 is 5.91 Å². The number of fused-ring (bicyclic) bond motifs is 1. The number of aromatic nitrogens is 2. The highest BCUT2D eigenvalue weighted by molar-refractivity contribution is 6.01. The van der Waals surface area contributed by atoms with E-state index in [2.05, 4.69) is 15.6 Å². The fourth-order valence-electron chi connectivity index (χ4n) is 2.60. The van der Waals surface area contributed by atoms with E-state index in [9.17, 15) is 9.90 Å². The molecule has 0 unspecified atom stereocenters. The average molecular weight is 322 g/mol. The van der Waals surface area contributed by atoms with Crippen LogP contribution in [0.25, 0.3) is 10.8 Å². The minimum Gasteiger partial charge on any atom is -0.507 e. The monoisotopic (exact) mass is 322 g/mol. The summed E-state index contributed by atoms with van der Waals surface area (Å²) in [5, 5.41) is 20.1. The number of hydrazone groups is 1. The number of carbonyl (C=O) groups excluding carboxylic acids is 1. The molecule has 0 aliphatic carbocycles. The third-order valence-corrected chi connectivity index (χ3v) is 4.03. The predicted octanol–water partition coefficient (Wildman–Crippen LogP) is 2.66. The maximum atomic E-state index is 12.3. The fraction of sp³-hybridized carbons (Fsp3) is 0.167. The van der Waals surface area contributed by atoms with Crippen molar-refractivity contribution in [1.82, 2.24) is 15.2 Å². The van der Waals surface area contributed by atoms with E-state index in [0.29, 0.717) is 0 Å². The first-order valence-corrected chi connectivity index (χ1v) is 7.52. The maximum absolute atomic E-state index is 12.3. The second kappa shape index (κ2) is 6.16. The first kappa shape index (κ1) is 15.7. The largest absolute Gasteiger partial charge is 0.507 e. The summed E-state index contributed by atoms with van der Waals surface area (Å²) in [7, 11) is 1.85. The Balaban J connectivity index is 1.82. The number of carbonyl (C=O) groups is 1. The molecule has 0 fully saturated rings. The van der Waals surface area contributed by atoms with Crippen LogP contribution in [0.15, 0.2) is 41.5 Å². The van der Waals surface area contributed by atoms with Gasteiger partial charge < -0.3 is 5.11 Å². The molecule has 0 saturated carbocycles. The highest BCUT2D eigenvalue weighted by Gasteiger charge is 2.12. The van der Waals surface area contributed by atoms with Crippen LogP contribution < -0.4 is 5.43 Å². The van der Waals surface area contributed by atoms with Crippen molar-refractivity contribution in [1.29, 1.82) is 0 Å². The summed E-state index contributed by atoms with van der Waals surface area (Å²) in [4.78, 5) is 12.3. The molecule has 122 valence electrons. The summed E-state index contributed by atoms with van der Waals surface area (Å²) in [6.45, 7) is 3.81. The average Bonchev–Trinajstić information content (AvgIpc) is 2.80. The van der Waals surface area contributed by atoms with Gasteiger partial charge in [0.25, 0.3) is 5.91 Å². The van der Waals surface area contributed by atoms with Crippen molar-refractivity contribution in [3.8, 4) is 5.75 Å². The second-order valence-electron chi connectivity index (χ2n) is 5.62. The third kappa shape index (κ3) is 2.86. The van der Waals surface area contributed by atoms with Crippen LogP contribution in [0.3, 0.4) is 0 Å². The minimum atomic E-state index is -0.464. The fourth-order valence-corrected chi connectivity index (χ4v) is 2.60. The van der Waals surface area contributed by atoms with Gasteiger partial charge in [-0.2, -0.15) is 10.2 Å². The Morgan fingerprint density at radius 2 is 1.92 bits per heavy atom. The molecule has 2 aromatic carbocycles. The normalized spacial score (nSPS) is 11.3. The first-order chi connectivity index (χ1) is 11.5. The first-order valence-electron chi connectivity index (χ1n) is 7.52. The lowest BCUT2D eigenvalue weighted by Gasteiger charge is -2.05. The van der Waals surface area contributed by atoms with Crippen LogP contribution >= 0.6 is 0 Å². The molecular weight excluding hydrogens is 304 g/mol. The van der Waals surface area contributed by atoms with Crippen molar-refractivity contribution in [3.05, 3.63) is 58.9 Å². The summed E-state index contributed by atoms with van der Waals surface area (Å²) in [5.41, 5.74) is 5.29. The molecule has 3 aromatic rings. The van der Waals surface area contributed by atoms with E-state index in [1.807, 2.05) is 45.2 Å². The molecule has 1 aromatic heterocycles. The zero-order valence-electron chi connectivity index (χ0n) is 13.7. The maximum Gasteiger partial charge on any atom is 0.275 e. The number of aromatic hydroxyl groups is 1. The number of nitrogens with one attached hydrogen (secondary N) is 1. The van der Waals surface area contributed by atoms with E-state index >= 15 is 0 Å². The van der Waals surface area contributed by atoms with Gasteiger partial charge in [0.1, 0.15) is 5.75 Å². The molecule has 0 bridgehead atoms. The number of aryl methyl sites for hydroxylation is 2. The highest BCUT2D eigenvalue weighted by atomic mass is 16.3. The molecule has 1 heterocycles. The topological polar surface area (TPSA) is 79.5 Å². The van der Waals surface area contributed by atoms with Crippen LogP contribution in [0.2, 0.25) is 0 Å². The van der Waals surface area contributed by atoms with Gasteiger partial charge in [0.05, 0.1) is 17.5 Å². The Bertz CT molecular complexity index is 957. The van der Waals surface area contributed by atoms with Crippen LogP contribution in [-0.4, -0.2) is 27.0 Å². The van der Waals surface area contributed by atoms with Crippen molar-refractivity contribution < 1.29 is 9.90 Å². The molecule has 0 aliphatic rings. The van der Waals surface area contributed by atoms with Gasteiger partial charge in [0.15, 0.2) is 0 Å². The number of rotatable bonds is 3. The Morgan fingerprint density at radius 3 is 2.54 bits per heavy atom. The van der Waals surface area contributed by atoms with Crippen molar-refractivity contribution in [2.75, 3.05) is 0 Å². The number of phenolic OH excluding ortho intramolecular Hbond substituents is 1. The van der Waals surface area contributed by atoms with Crippen molar-refractivity contribution >= 4 is 22.9 Å². The van der Waals surface area contributed by atoms with E-state index in [1.165, 1.54) is 0 Å². The molecule has 6 nitrogen and oxygen atoms in total. The van der Waals surface area contributed by atoms with Gasteiger partial charge in [-0.1, -0.05) is 24.3 Å². The molecule has 0 saturated heterocycles. The van der Waals surface area contributed by atoms with Gasteiger partial charge in [0.2, 0.25) is 0 Å². The SMILES string of the molecule is Cc1nn(C)c(C)c1/C=N/NC(=O)c1cc2ccccc2cc1O. The minimum absolute atomic E-state index is 0.0739. The van der Waals surface area contributed by atoms with Crippen LogP contribution in [0.4, 0.5) is 0 Å². The van der Waals surface area contributed by atoms with E-state index in [0.717, 1.165) is 27.7 Å². The lowest BCUT2D eigenvalue weighted by molar-refractivity contribution is 0.0952. The summed E-state index contributed by atoms with van der Waals surface area (Å²) in [6.07, 6.45) is 1.56. The summed E-state index contributed by atoms with van der Waals surface area (Å²) in [5.74, 6) is -0.538. The zero-order chi connectivity index (χ0) is 17.3. The third-order valence-electron chi connectivity index (χ3n) is 4.03. The molecule has 24 heavy (non-hydrogen) atoms. The molecule has 0 aliphatic heterocycles. The standard InChI is InChI=1S/C18H18N4O2/c1-11-16(12(2)22(3)21-11)10-19-20-18(24)15-8-13-6-4-5-7-14(13)9-17(15)23/h4-10,23H,1-3H3,(H,20,24)/b19-10+. The van der Waals surface area contributed by atoms with Gasteiger partial charge in [-0.25, -0.2) is 5.43 Å². The van der Waals surface area contributed by atoms with Gasteiger partial charge in [-0.05, 0) is 36.8 Å². The number of hydrogen-bond acceptors (Lipinski definition) is 4. The highest BCUT2D eigenvalue weighted by Crippen LogP contribution is 2.24. The van der Waals surface area contributed by atoms with Gasteiger partial charge in [-0.3, -0.25) is 9.48 Å². The molecule has 3 rings (SSSR count). The van der Waals surface area contributed by atoms with E-state index in [-0.39, 0.29) is 11.3 Å². The molecule has 0 radical (unpaired) electrons. The zero-order valence-corrected chi connectivity index (χ0v) is 13.7. The second-order valence-corrected chi connectivity index (χ2v) is 5.62. The number of nitrogens with zero attached hydrogens (tertiary/aromatic N) is 3. The van der Waals surface area contributed by atoms with E-state index in [4.69, 9.17) is 0 Å². The molecule has 2 N–H and O–H groups in total. The quantitative estimate of drug-likeness (QED) is 0.575. The molecule has 0 spiro atoms. The predicted molar refractivity (Wildman–Crippen MR) is 93.4 cm³/mol. The molecule has 6 heteroatoms. The Hall–Kier alpha value is -3.15. The Morgan fingerprint density at radius 1 is 1.25 bits per heavy atom. The summed E-state index contributed by atoms with van der Waals surface area (Å²) >= 11 is 0. The van der Waals surface area contributed by atoms with Crippen LogP contribution in [0.5, 0.6) is 5.75 Å². The molecule has 0 atom stereocenters. The van der Waals surface area contributed by atoms with Crippen LogP contribution in [0, 0.1) is 13.8 Å². The van der Waals surface area contributed by atoms with Gasteiger partial charge in [-0.15, -0.1) is 0 Å². The van der Waals surface area contributed by atoms with Gasteiger partial charge in [0, 0.05) is 18.3 Å². The molecular formula is C18H18N4O2. The number of benzene rings is 2. The number of phenols is 1.